The number of rotatable bonds is 1. The Labute approximate surface area is 60.5 Å². The van der Waals surface area contributed by atoms with E-state index in [-0.39, 0.29) is 5.91 Å². The molecular formula is C7H12N2O. The van der Waals surface area contributed by atoms with Crippen molar-refractivity contribution in [2.24, 2.45) is 5.73 Å². The van der Waals surface area contributed by atoms with Crippen LogP contribution in [0.3, 0.4) is 0 Å². The van der Waals surface area contributed by atoms with Gasteiger partial charge in [-0.05, 0) is 12.8 Å². The summed E-state index contributed by atoms with van der Waals surface area (Å²) in [6.45, 7) is 1.02. The highest BCUT2D eigenvalue weighted by Crippen LogP contribution is 2.11. The molecular weight excluding hydrogens is 128 g/mol. The first kappa shape index (κ1) is 7.12. The van der Waals surface area contributed by atoms with Gasteiger partial charge in [0.1, 0.15) is 0 Å². The Balaban J connectivity index is 2.66. The van der Waals surface area contributed by atoms with Gasteiger partial charge in [-0.1, -0.05) is 0 Å². The zero-order valence-corrected chi connectivity index (χ0v) is 6.13. The van der Waals surface area contributed by atoms with Gasteiger partial charge in [0.25, 0.3) is 0 Å². The predicted molar refractivity (Wildman–Crippen MR) is 39.1 cm³/mol. The van der Waals surface area contributed by atoms with E-state index < -0.39 is 0 Å². The zero-order valence-electron chi connectivity index (χ0n) is 6.13. The van der Waals surface area contributed by atoms with Gasteiger partial charge in [-0.2, -0.15) is 0 Å². The summed E-state index contributed by atoms with van der Waals surface area (Å²) in [5, 5.41) is 0. The first-order valence-corrected chi connectivity index (χ1v) is 3.41. The smallest absolute Gasteiger partial charge is 0.246 e. The first-order valence-electron chi connectivity index (χ1n) is 3.41. The van der Waals surface area contributed by atoms with E-state index >= 15 is 0 Å². The van der Waals surface area contributed by atoms with Crippen LogP contribution in [-0.4, -0.2) is 24.4 Å². The van der Waals surface area contributed by atoms with Gasteiger partial charge in [0, 0.05) is 25.4 Å². The maximum atomic E-state index is 10.6. The summed E-state index contributed by atoms with van der Waals surface area (Å²) in [6.07, 6.45) is 3.69. The lowest BCUT2D eigenvalue weighted by molar-refractivity contribution is -0.114. The van der Waals surface area contributed by atoms with Crippen molar-refractivity contribution in [3.05, 3.63) is 11.8 Å². The van der Waals surface area contributed by atoms with Crippen LogP contribution in [0.4, 0.5) is 0 Å². The monoisotopic (exact) mass is 140 g/mol. The van der Waals surface area contributed by atoms with E-state index in [0.29, 0.717) is 0 Å². The van der Waals surface area contributed by atoms with Gasteiger partial charge in [-0.25, -0.2) is 0 Å². The average molecular weight is 140 g/mol. The maximum Gasteiger partial charge on any atom is 0.246 e. The van der Waals surface area contributed by atoms with E-state index in [1.54, 1.807) is 0 Å². The molecule has 1 aliphatic rings. The van der Waals surface area contributed by atoms with Crippen LogP contribution in [0.15, 0.2) is 11.8 Å². The van der Waals surface area contributed by atoms with Crippen molar-refractivity contribution in [3.63, 3.8) is 0 Å². The van der Waals surface area contributed by atoms with Crippen molar-refractivity contribution >= 4 is 5.91 Å². The second kappa shape index (κ2) is 2.73. The Hall–Kier alpha value is -0.990. The van der Waals surface area contributed by atoms with Crippen LogP contribution in [0, 0.1) is 0 Å². The number of carbonyl (C=O) groups is 1. The molecule has 0 saturated heterocycles. The summed E-state index contributed by atoms with van der Waals surface area (Å²) in [5.41, 5.74) is 5.84. The van der Waals surface area contributed by atoms with Crippen molar-refractivity contribution in [1.29, 1.82) is 0 Å². The van der Waals surface area contributed by atoms with Crippen molar-refractivity contribution < 1.29 is 4.79 Å². The number of primary amides is 1. The number of hydrogen-bond donors (Lipinski definition) is 1. The number of carbonyl (C=O) groups excluding carboxylic acids is 1. The van der Waals surface area contributed by atoms with E-state index in [1.807, 2.05) is 18.1 Å². The van der Waals surface area contributed by atoms with E-state index in [9.17, 15) is 4.79 Å². The SMILES string of the molecule is CN1C=C(C(N)=O)CCC1. The third kappa shape index (κ3) is 1.50. The van der Waals surface area contributed by atoms with Gasteiger partial charge in [-0.15, -0.1) is 0 Å². The number of nitrogens with two attached hydrogens (primary N) is 1. The molecule has 0 bridgehead atoms. The fraction of sp³-hybridized carbons (Fsp3) is 0.571. The number of hydrogen-bond acceptors (Lipinski definition) is 2. The van der Waals surface area contributed by atoms with Crippen molar-refractivity contribution in [3.8, 4) is 0 Å². The quantitative estimate of drug-likeness (QED) is 0.560. The van der Waals surface area contributed by atoms with Crippen molar-refractivity contribution in [1.82, 2.24) is 4.90 Å². The second-order valence-electron chi connectivity index (χ2n) is 2.60. The zero-order chi connectivity index (χ0) is 7.56. The first-order chi connectivity index (χ1) is 4.70. The molecule has 3 heteroatoms. The third-order valence-electron chi connectivity index (χ3n) is 1.65. The average Bonchev–Trinajstić information content (AvgIpc) is 1.88. The molecule has 0 radical (unpaired) electrons. The fourth-order valence-corrected chi connectivity index (χ4v) is 1.10. The normalized spacial score (nSPS) is 18.5. The molecule has 0 aromatic carbocycles. The molecule has 0 atom stereocenters. The molecule has 56 valence electrons. The molecule has 0 fully saturated rings. The van der Waals surface area contributed by atoms with E-state index in [0.717, 1.165) is 25.0 Å². The Kier molecular flexibility index (Phi) is 1.94. The van der Waals surface area contributed by atoms with Gasteiger partial charge >= 0.3 is 0 Å². The molecule has 1 aliphatic heterocycles. The lowest BCUT2D eigenvalue weighted by Crippen LogP contribution is -2.24. The summed E-state index contributed by atoms with van der Waals surface area (Å²) < 4.78 is 0. The van der Waals surface area contributed by atoms with Gasteiger partial charge in [-0.3, -0.25) is 4.79 Å². The van der Waals surface area contributed by atoms with Gasteiger partial charge in [0.2, 0.25) is 5.91 Å². The molecule has 0 unspecified atom stereocenters. The second-order valence-corrected chi connectivity index (χ2v) is 2.60. The lowest BCUT2D eigenvalue weighted by atomic mass is 10.1. The minimum absolute atomic E-state index is 0.286. The van der Waals surface area contributed by atoms with Crippen LogP contribution in [0.2, 0.25) is 0 Å². The van der Waals surface area contributed by atoms with Gasteiger partial charge in [0.05, 0.1) is 0 Å². The van der Waals surface area contributed by atoms with Crippen LogP contribution in [0.1, 0.15) is 12.8 Å². The maximum absolute atomic E-state index is 10.6. The minimum Gasteiger partial charge on any atom is -0.380 e. The fourth-order valence-electron chi connectivity index (χ4n) is 1.10. The topological polar surface area (TPSA) is 46.3 Å². The van der Waals surface area contributed by atoms with E-state index in [2.05, 4.69) is 0 Å². The molecule has 0 aromatic heterocycles. The highest BCUT2D eigenvalue weighted by molar-refractivity contribution is 5.91. The highest BCUT2D eigenvalue weighted by atomic mass is 16.1. The Morgan fingerprint density at radius 3 is 2.90 bits per heavy atom. The summed E-state index contributed by atoms with van der Waals surface area (Å²) >= 11 is 0. The molecule has 2 N–H and O–H groups in total. The lowest BCUT2D eigenvalue weighted by Gasteiger charge is -2.20. The Morgan fingerprint density at radius 1 is 1.80 bits per heavy atom. The van der Waals surface area contributed by atoms with Gasteiger partial charge in [0.15, 0.2) is 0 Å². The third-order valence-corrected chi connectivity index (χ3v) is 1.65. The molecule has 10 heavy (non-hydrogen) atoms. The summed E-state index contributed by atoms with van der Waals surface area (Å²) in [5.74, 6) is -0.286. The highest BCUT2D eigenvalue weighted by Gasteiger charge is 2.10. The van der Waals surface area contributed by atoms with Crippen LogP contribution in [0.5, 0.6) is 0 Å². The summed E-state index contributed by atoms with van der Waals surface area (Å²) in [6, 6.07) is 0. The Bertz CT molecular complexity index is 174. The molecule has 1 rings (SSSR count). The molecule has 0 aliphatic carbocycles. The van der Waals surface area contributed by atoms with Crippen LogP contribution in [0.25, 0.3) is 0 Å². The van der Waals surface area contributed by atoms with Crippen LogP contribution < -0.4 is 5.73 Å². The molecule has 1 amide bonds. The summed E-state index contributed by atoms with van der Waals surface area (Å²) in [7, 11) is 1.95. The molecule has 0 saturated carbocycles. The molecule has 0 aromatic rings. The summed E-state index contributed by atoms with van der Waals surface area (Å²) in [4.78, 5) is 12.6. The van der Waals surface area contributed by atoms with Gasteiger partial charge < -0.3 is 10.6 Å². The largest absolute Gasteiger partial charge is 0.380 e. The predicted octanol–water partition coefficient (Wildman–Crippen LogP) is 0.0812. The Morgan fingerprint density at radius 2 is 2.50 bits per heavy atom. The molecule has 3 nitrogen and oxygen atoms in total. The minimum atomic E-state index is -0.286. The van der Waals surface area contributed by atoms with E-state index in [1.165, 1.54) is 0 Å². The van der Waals surface area contributed by atoms with Crippen molar-refractivity contribution in [2.45, 2.75) is 12.8 Å². The van der Waals surface area contributed by atoms with Crippen LogP contribution in [-0.2, 0) is 4.79 Å². The number of amides is 1. The standard InChI is InChI=1S/C7H12N2O/c1-9-4-2-3-6(5-9)7(8)10/h5H,2-4H2,1H3,(H2,8,10). The molecule has 1 heterocycles. The van der Waals surface area contributed by atoms with Crippen LogP contribution >= 0.6 is 0 Å². The van der Waals surface area contributed by atoms with Crippen molar-refractivity contribution in [2.75, 3.05) is 13.6 Å². The van der Waals surface area contributed by atoms with E-state index in [4.69, 9.17) is 5.73 Å². The number of nitrogens with zero attached hydrogens (tertiary/aromatic N) is 1. The molecule has 0 spiro atoms.